The van der Waals surface area contributed by atoms with E-state index in [0.717, 1.165) is 39.1 Å². The number of piperazine rings is 1. The molecule has 2 aliphatic rings. The summed E-state index contributed by atoms with van der Waals surface area (Å²) in [6.07, 6.45) is 7.38. The minimum atomic E-state index is -0.290. The molecule has 1 atom stereocenters. The summed E-state index contributed by atoms with van der Waals surface area (Å²) in [5, 5.41) is 2.12. The van der Waals surface area contributed by atoms with Crippen molar-refractivity contribution in [2.45, 2.75) is 51.1 Å². The van der Waals surface area contributed by atoms with Crippen molar-refractivity contribution >= 4 is 29.7 Å². The fraction of sp³-hybridized carbons (Fsp3) is 0.722. The van der Waals surface area contributed by atoms with Crippen molar-refractivity contribution in [2.75, 3.05) is 26.2 Å². The Kier molecular flexibility index (Phi) is 8.01. The highest BCUT2D eigenvalue weighted by Crippen LogP contribution is 2.27. The molecule has 2 N–H and O–H groups in total. The molecule has 0 spiro atoms. The number of nitrogens with zero attached hydrogens (tertiary/aromatic N) is 2. The van der Waals surface area contributed by atoms with Gasteiger partial charge in [-0.3, -0.25) is 9.69 Å². The van der Waals surface area contributed by atoms with Crippen LogP contribution in [0.25, 0.3) is 0 Å². The van der Waals surface area contributed by atoms with Crippen molar-refractivity contribution in [3.63, 3.8) is 0 Å². The number of hydrogen-bond donors (Lipinski definition) is 1. The summed E-state index contributed by atoms with van der Waals surface area (Å²) in [7, 11) is 0. The van der Waals surface area contributed by atoms with Crippen LogP contribution in [0.4, 0.5) is 0 Å². The molecular weight excluding hydrogens is 342 g/mol. The molecule has 3 rings (SSSR count). The zero-order valence-electron chi connectivity index (χ0n) is 14.4. The number of hydrogen-bond acceptors (Lipinski definition) is 4. The lowest BCUT2D eigenvalue weighted by Crippen LogP contribution is -2.53. The first-order chi connectivity index (χ1) is 11.2. The molecule has 136 valence electrons. The molecule has 0 radical (unpaired) electrons. The van der Waals surface area contributed by atoms with Crippen molar-refractivity contribution in [1.29, 1.82) is 0 Å². The SMILES string of the molecule is Cl.NC(CC1CCCCC1)C(=O)N1CCN(Cc2cccs2)CC1. The largest absolute Gasteiger partial charge is 0.339 e. The summed E-state index contributed by atoms with van der Waals surface area (Å²) >= 11 is 1.81. The van der Waals surface area contributed by atoms with E-state index in [-0.39, 0.29) is 24.4 Å². The van der Waals surface area contributed by atoms with Gasteiger partial charge in [0.15, 0.2) is 0 Å². The number of amides is 1. The lowest BCUT2D eigenvalue weighted by Gasteiger charge is -2.36. The predicted molar refractivity (Wildman–Crippen MR) is 103 cm³/mol. The Morgan fingerprint density at radius 2 is 1.92 bits per heavy atom. The summed E-state index contributed by atoms with van der Waals surface area (Å²) in [5.41, 5.74) is 6.22. The van der Waals surface area contributed by atoms with Gasteiger partial charge in [-0.05, 0) is 23.8 Å². The summed E-state index contributed by atoms with van der Waals surface area (Å²) in [6.45, 7) is 4.57. The second-order valence-corrected chi connectivity index (χ2v) is 8.06. The van der Waals surface area contributed by atoms with E-state index < -0.39 is 0 Å². The summed E-state index contributed by atoms with van der Waals surface area (Å²) < 4.78 is 0. The third-order valence-corrected chi connectivity index (χ3v) is 6.13. The molecule has 1 amide bonds. The molecule has 1 saturated heterocycles. The summed E-state index contributed by atoms with van der Waals surface area (Å²) in [4.78, 5) is 18.4. The van der Waals surface area contributed by atoms with Gasteiger partial charge < -0.3 is 10.6 Å². The lowest BCUT2D eigenvalue weighted by molar-refractivity contribution is -0.134. The first kappa shape index (κ1) is 19.7. The zero-order valence-corrected chi connectivity index (χ0v) is 16.0. The first-order valence-corrected chi connectivity index (χ1v) is 9.89. The molecule has 24 heavy (non-hydrogen) atoms. The van der Waals surface area contributed by atoms with Crippen LogP contribution >= 0.6 is 23.7 Å². The van der Waals surface area contributed by atoms with Crippen LogP contribution in [0, 0.1) is 5.92 Å². The number of thiophene rings is 1. The van der Waals surface area contributed by atoms with Gasteiger partial charge >= 0.3 is 0 Å². The molecule has 0 aromatic carbocycles. The Balaban J connectivity index is 0.00000208. The molecule has 0 bridgehead atoms. The second kappa shape index (κ2) is 9.76. The van der Waals surface area contributed by atoms with E-state index >= 15 is 0 Å². The Bertz CT molecular complexity index is 482. The van der Waals surface area contributed by atoms with Crippen LogP contribution in [0.3, 0.4) is 0 Å². The lowest BCUT2D eigenvalue weighted by atomic mass is 9.84. The minimum absolute atomic E-state index is 0. The van der Waals surface area contributed by atoms with E-state index in [4.69, 9.17) is 5.73 Å². The summed E-state index contributed by atoms with van der Waals surface area (Å²) in [6, 6.07) is 3.99. The topological polar surface area (TPSA) is 49.6 Å². The van der Waals surface area contributed by atoms with E-state index in [0.29, 0.717) is 5.92 Å². The van der Waals surface area contributed by atoms with E-state index in [9.17, 15) is 4.79 Å². The van der Waals surface area contributed by atoms with Crippen molar-refractivity contribution < 1.29 is 4.79 Å². The van der Waals surface area contributed by atoms with Crippen LogP contribution < -0.4 is 5.73 Å². The molecule has 1 aromatic rings. The molecule has 1 unspecified atom stereocenters. The Morgan fingerprint density at radius 3 is 2.54 bits per heavy atom. The van der Waals surface area contributed by atoms with Crippen LogP contribution in [0.1, 0.15) is 43.4 Å². The van der Waals surface area contributed by atoms with Gasteiger partial charge in [0, 0.05) is 37.6 Å². The van der Waals surface area contributed by atoms with Crippen LogP contribution in [0.5, 0.6) is 0 Å². The number of carbonyl (C=O) groups is 1. The van der Waals surface area contributed by atoms with E-state index in [1.165, 1.54) is 37.0 Å². The van der Waals surface area contributed by atoms with Crippen molar-refractivity contribution in [3.8, 4) is 0 Å². The molecule has 2 heterocycles. The predicted octanol–water partition coefficient (Wildman–Crippen LogP) is 3.11. The molecule has 1 aliphatic carbocycles. The number of halogens is 1. The van der Waals surface area contributed by atoms with Crippen LogP contribution in [0.2, 0.25) is 0 Å². The van der Waals surface area contributed by atoms with Gasteiger partial charge in [0.2, 0.25) is 5.91 Å². The first-order valence-electron chi connectivity index (χ1n) is 9.01. The average Bonchev–Trinajstić information content (AvgIpc) is 3.09. The van der Waals surface area contributed by atoms with E-state index in [1.54, 1.807) is 11.3 Å². The normalized spacial score (nSPS) is 21.3. The van der Waals surface area contributed by atoms with Gasteiger partial charge in [-0.25, -0.2) is 0 Å². The van der Waals surface area contributed by atoms with Gasteiger partial charge in [-0.15, -0.1) is 23.7 Å². The highest BCUT2D eigenvalue weighted by atomic mass is 35.5. The highest BCUT2D eigenvalue weighted by molar-refractivity contribution is 7.09. The molecule has 4 nitrogen and oxygen atoms in total. The van der Waals surface area contributed by atoms with Crippen molar-refractivity contribution in [1.82, 2.24) is 9.80 Å². The number of carbonyl (C=O) groups excluding carboxylic acids is 1. The molecule has 1 aromatic heterocycles. The Labute approximate surface area is 155 Å². The van der Waals surface area contributed by atoms with Crippen molar-refractivity contribution in [3.05, 3.63) is 22.4 Å². The molecular formula is C18H30ClN3OS. The maximum atomic E-state index is 12.6. The van der Waals surface area contributed by atoms with Crippen LogP contribution in [0.15, 0.2) is 17.5 Å². The minimum Gasteiger partial charge on any atom is -0.339 e. The molecule has 1 saturated carbocycles. The van der Waals surface area contributed by atoms with E-state index in [1.807, 2.05) is 4.90 Å². The quantitative estimate of drug-likeness (QED) is 0.865. The fourth-order valence-electron chi connectivity index (χ4n) is 3.87. The highest BCUT2D eigenvalue weighted by Gasteiger charge is 2.27. The van der Waals surface area contributed by atoms with Gasteiger partial charge in [0.1, 0.15) is 0 Å². The van der Waals surface area contributed by atoms with Crippen LogP contribution in [-0.2, 0) is 11.3 Å². The summed E-state index contributed by atoms with van der Waals surface area (Å²) in [5.74, 6) is 0.842. The van der Waals surface area contributed by atoms with Crippen molar-refractivity contribution in [2.24, 2.45) is 11.7 Å². The molecule has 6 heteroatoms. The van der Waals surface area contributed by atoms with Gasteiger partial charge in [-0.2, -0.15) is 0 Å². The van der Waals surface area contributed by atoms with E-state index in [2.05, 4.69) is 22.4 Å². The molecule has 1 aliphatic heterocycles. The maximum absolute atomic E-state index is 12.6. The second-order valence-electron chi connectivity index (χ2n) is 7.03. The fourth-order valence-corrected chi connectivity index (χ4v) is 4.61. The number of rotatable bonds is 5. The van der Waals surface area contributed by atoms with Gasteiger partial charge in [0.05, 0.1) is 6.04 Å². The van der Waals surface area contributed by atoms with Crippen LogP contribution in [-0.4, -0.2) is 47.9 Å². The number of nitrogens with two attached hydrogens (primary N) is 1. The standard InChI is InChI=1S/C18H29N3OS.ClH/c19-17(13-15-5-2-1-3-6-15)18(22)21-10-8-20(9-11-21)14-16-7-4-12-23-16;/h4,7,12,15,17H,1-3,5-6,8-11,13-14,19H2;1H. The molecule has 2 fully saturated rings. The maximum Gasteiger partial charge on any atom is 0.239 e. The average molecular weight is 372 g/mol. The Morgan fingerprint density at radius 1 is 1.21 bits per heavy atom. The van der Waals surface area contributed by atoms with Gasteiger partial charge in [-0.1, -0.05) is 38.2 Å². The zero-order chi connectivity index (χ0) is 16.1. The monoisotopic (exact) mass is 371 g/mol. The van der Waals surface area contributed by atoms with Gasteiger partial charge in [0.25, 0.3) is 0 Å². The smallest absolute Gasteiger partial charge is 0.239 e. The third-order valence-electron chi connectivity index (χ3n) is 5.27. The third kappa shape index (κ3) is 5.45. The Hall–Kier alpha value is -0.620.